The lowest BCUT2D eigenvalue weighted by Gasteiger charge is -2.44. The summed E-state index contributed by atoms with van der Waals surface area (Å²) in [6.07, 6.45) is 6.42. The summed E-state index contributed by atoms with van der Waals surface area (Å²) in [6, 6.07) is -4.97. The van der Waals surface area contributed by atoms with E-state index in [2.05, 4.69) is 16.0 Å². The first-order chi connectivity index (χ1) is 48.3. The first-order valence-electron chi connectivity index (χ1n) is 37.3. The van der Waals surface area contributed by atoms with E-state index in [9.17, 15) is 41.9 Å². The van der Waals surface area contributed by atoms with E-state index in [1.165, 1.54) is 86.0 Å². The van der Waals surface area contributed by atoms with Gasteiger partial charge >= 0.3 is 6.18 Å². The lowest BCUT2D eigenvalue weighted by molar-refractivity contribution is -0.159. The Hall–Kier alpha value is -7.39. The van der Waals surface area contributed by atoms with Crippen molar-refractivity contribution in [3.63, 3.8) is 0 Å². The minimum absolute atomic E-state index is 0.000301. The van der Waals surface area contributed by atoms with E-state index in [1.807, 2.05) is 20.8 Å². The number of hydrogen-bond acceptors (Lipinski definition) is 13. The van der Waals surface area contributed by atoms with Crippen molar-refractivity contribution in [2.75, 3.05) is 88.7 Å². The fourth-order valence-corrected chi connectivity index (χ4v) is 16.6. The lowest BCUT2D eigenvalue weighted by Crippen LogP contribution is -2.65. The molecule has 0 radical (unpaired) electrons. The number of alkyl halides is 3. The molecule has 1 aromatic rings. The van der Waals surface area contributed by atoms with Crippen LogP contribution in [-0.2, 0) is 74.9 Å². The maximum Gasteiger partial charge on any atom is 0.416 e. The highest BCUT2D eigenvalue weighted by molar-refractivity contribution is 6.01. The first-order valence-corrected chi connectivity index (χ1v) is 37.3. The smallest absolute Gasteiger partial charge is 0.377 e. The summed E-state index contributed by atoms with van der Waals surface area (Å²) in [4.78, 5) is 192. The SMILES string of the molecule is CC[C@H](C)[C@@H]1NC(=O)[C@H](CC(C)C)N(C)C(=O)C[C@@H](C(=O)N2C3CCC2COC3)N(C)C(=O)[C@H](C2CCCCC2)N(C)C(=O)C2(CCCC2)NC(=O)[C@@H]2CCCN2C(=O)[C@H](CCc2ccc(C(F)(F)F)cc2)NC(=O)CN(C)C(=O)[C@H](CC2CCCCC2)N(C)C(=O)CN(C)C(=O)CN(C)C1=O. The highest BCUT2D eigenvalue weighted by Crippen LogP contribution is 2.38. The monoisotopic (exact) mass is 1430 g/mol. The number of carbonyl (C=O) groups is 12. The van der Waals surface area contributed by atoms with Crippen molar-refractivity contribution in [3.8, 4) is 0 Å². The van der Waals surface area contributed by atoms with Crippen molar-refractivity contribution in [3.05, 3.63) is 35.4 Å². The van der Waals surface area contributed by atoms with Crippen LogP contribution in [0.2, 0.25) is 0 Å². The number of amides is 12. The summed E-state index contributed by atoms with van der Waals surface area (Å²) < 4.78 is 47.1. The number of hydrogen-bond donors (Lipinski definition) is 3. The molecule has 12 amide bonds. The van der Waals surface area contributed by atoms with Crippen LogP contribution in [0.15, 0.2) is 24.3 Å². The molecule has 3 saturated carbocycles. The zero-order valence-electron chi connectivity index (χ0n) is 62.0. The second kappa shape index (κ2) is 35.4. The zero-order valence-corrected chi connectivity index (χ0v) is 62.0. The summed E-state index contributed by atoms with van der Waals surface area (Å²) in [5.74, 6) is -8.65. The van der Waals surface area contributed by atoms with Gasteiger partial charge in [-0.2, -0.15) is 13.2 Å². The van der Waals surface area contributed by atoms with Gasteiger partial charge in [0.2, 0.25) is 70.9 Å². The number of rotatable bonds is 11. The molecule has 4 heterocycles. The minimum Gasteiger partial charge on any atom is -0.377 e. The average molecular weight is 1440 g/mol. The van der Waals surface area contributed by atoms with Gasteiger partial charge in [-0.25, -0.2) is 0 Å². The summed E-state index contributed by atoms with van der Waals surface area (Å²) in [6.45, 7) is 6.26. The third-order valence-corrected chi connectivity index (χ3v) is 23.1. The van der Waals surface area contributed by atoms with Gasteiger partial charge in [0.05, 0.1) is 56.9 Å². The third kappa shape index (κ3) is 19.3. The van der Waals surface area contributed by atoms with Crippen LogP contribution in [0.3, 0.4) is 0 Å². The molecule has 0 aromatic heterocycles. The fraction of sp³-hybridized carbons (Fsp3) is 0.757. The average Bonchev–Trinajstić information content (AvgIpc) is 1.42. The quantitative estimate of drug-likeness (QED) is 0.259. The molecule has 7 aliphatic rings. The molecular weight excluding hydrogens is 1320 g/mol. The number of halogens is 3. The predicted molar refractivity (Wildman–Crippen MR) is 373 cm³/mol. The zero-order chi connectivity index (χ0) is 74.7. The van der Waals surface area contributed by atoms with Gasteiger partial charge in [-0.05, 0) is 118 Å². The Labute approximate surface area is 599 Å². The molecular formula is C74H113F3N12O13. The first kappa shape index (κ1) is 80.3. The van der Waals surface area contributed by atoms with E-state index < -0.39 is 168 Å². The van der Waals surface area contributed by atoms with Crippen LogP contribution < -0.4 is 16.0 Å². The molecule has 8 rings (SSSR count). The van der Waals surface area contributed by atoms with E-state index >= 15 is 28.8 Å². The number of morpholine rings is 1. The van der Waals surface area contributed by atoms with Gasteiger partial charge in [0.15, 0.2) is 0 Å². The highest BCUT2D eigenvalue weighted by atomic mass is 19.4. The highest BCUT2D eigenvalue weighted by Gasteiger charge is 2.53. The fourth-order valence-electron chi connectivity index (χ4n) is 16.6. The van der Waals surface area contributed by atoms with Crippen molar-refractivity contribution in [2.24, 2.45) is 23.7 Å². The largest absolute Gasteiger partial charge is 0.416 e. The summed E-state index contributed by atoms with van der Waals surface area (Å²) in [5, 5.41) is 8.82. The molecule has 3 N–H and O–H groups in total. The van der Waals surface area contributed by atoms with Crippen molar-refractivity contribution in [1.82, 2.24) is 60.0 Å². The number of nitrogens with zero attached hydrogens (tertiary/aromatic N) is 9. The molecule has 568 valence electrons. The number of likely N-dealkylation sites (N-methyl/N-ethyl adjacent to an activating group) is 7. The Kier molecular flexibility index (Phi) is 27.9. The number of carbonyl (C=O) groups excluding carboxylic acids is 12. The maximum atomic E-state index is 16.0. The van der Waals surface area contributed by atoms with E-state index in [-0.39, 0.29) is 88.6 Å². The van der Waals surface area contributed by atoms with Gasteiger partial charge < -0.3 is 64.8 Å². The van der Waals surface area contributed by atoms with Gasteiger partial charge in [0, 0.05) is 55.9 Å². The number of ether oxygens (including phenoxy) is 1. The Morgan fingerprint density at radius 2 is 1.20 bits per heavy atom. The predicted octanol–water partition coefficient (Wildman–Crippen LogP) is 5.15. The topological polar surface area (TPSA) is 279 Å². The molecule has 2 bridgehead atoms. The van der Waals surface area contributed by atoms with Gasteiger partial charge in [0.1, 0.15) is 47.8 Å². The molecule has 25 nitrogen and oxygen atoms in total. The molecule has 28 heteroatoms. The molecule has 7 fully saturated rings. The van der Waals surface area contributed by atoms with E-state index in [1.54, 1.807) is 11.8 Å². The van der Waals surface area contributed by atoms with Crippen LogP contribution in [0, 0.1) is 23.7 Å². The number of fused-ring (bicyclic) bond motifs is 3. The number of benzene rings is 1. The minimum atomic E-state index is -4.62. The van der Waals surface area contributed by atoms with Crippen molar-refractivity contribution >= 4 is 70.9 Å². The number of nitrogens with one attached hydrogen (secondary N) is 3. The summed E-state index contributed by atoms with van der Waals surface area (Å²) >= 11 is 0. The number of aryl methyl sites for hydroxylation is 1. The maximum absolute atomic E-state index is 16.0. The van der Waals surface area contributed by atoms with Crippen molar-refractivity contribution < 1.29 is 75.4 Å². The Morgan fingerprint density at radius 1 is 0.608 bits per heavy atom. The molecule has 10 atom stereocenters. The Morgan fingerprint density at radius 3 is 1.79 bits per heavy atom. The van der Waals surface area contributed by atoms with Crippen LogP contribution in [0.4, 0.5) is 13.2 Å². The second-order valence-electron chi connectivity index (χ2n) is 30.8. The van der Waals surface area contributed by atoms with Gasteiger partial charge in [-0.15, -0.1) is 0 Å². The normalized spacial score (nSPS) is 28.5. The third-order valence-electron chi connectivity index (χ3n) is 23.1. The van der Waals surface area contributed by atoms with Crippen LogP contribution in [0.1, 0.15) is 187 Å². The Balaban J connectivity index is 1.17. The molecule has 4 aliphatic heterocycles. The van der Waals surface area contributed by atoms with E-state index in [0.29, 0.717) is 56.9 Å². The second-order valence-corrected chi connectivity index (χ2v) is 30.8. The van der Waals surface area contributed by atoms with Crippen LogP contribution in [0.5, 0.6) is 0 Å². The Bertz CT molecular complexity index is 3160. The van der Waals surface area contributed by atoms with Gasteiger partial charge in [-0.3, -0.25) is 57.5 Å². The summed E-state index contributed by atoms with van der Waals surface area (Å²) in [5.41, 5.74) is -2.04. The van der Waals surface area contributed by atoms with Crippen molar-refractivity contribution in [1.29, 1.82) is 0 Å². The van der Waals surface area contributed by atoms with E-state index in [4.69, 9.17) is 4.74 Å². The van der Waals surface area contributed by atoms with Crippen LogP contribution >= 0.6 is 0 Å². The van der Waals surface area contributed by atoms with Gasteiger partial charge in [-0.1, -0.05) is 110 Å². The molecule has 1 aromatic carbocycles. The molecule has 4 saturated heterocycles. The molecule has 102 heavy (non-hydrogen) atoms. The van der Waals surface area contributed by atoms with E-state index in [0.717, 1.165) is 78.2 Å². The molecule has 2 unspecified atom stereocenters. The molecule has 3 aliphatic carbocycles. The van der Waals surface area contributed by atoms with Crippen LogP contribution in [0.25, 0.3) is 0 Å². The lowest BCUT2D eigenvalue weighted by atomic mass is 9.81. The van der Waals surface area contributed by atoms with Crippen molar-refractivity contribution in [2.45, 2.75) is 248 Å². The summed E-state index contributed by atoms with van der Waals surface area (Å²) in [7, 11) is 10.1. The van der Waals surface area contributed by atoms with Crippen LogP contribution in [-0.4, -0.2) is 264 Å². The molecule has 1 spiro atoms. The standard InChI is InChI=1S/C74H113F3N12O13/c1-12-47(4)63-70(99)83(7)42-61(92)81(5)43-62(93)85(9)57(39-49-22-15-13-16-23-49)68(97)82(6)41-59(90)78-54(34-29-48-27-30-51(31-28-48)74(75,76)77)67(96)88-37-21-26-55(88)66(95)80-73(35-19-20-36-73)72(101)87(11)64(50-24-17-14-18-25-50)71(100)86(10)58(69(98)89-52-32-33-53(89)45-102-44-52)40-60(91)84(8)56(38-46(2)3)65(94)79-63/h27-28,30-31,46-47,49-50,52-58,63-64H,12-26,29,32-45H2,1-11H3,(H,78,90)(H,79,94)(H,80,95)/t47-,52?,53?,54-,55-,56-,57-,58-,63-,64-/m0/s1. The van der Waals surface area contributed by atoms with Gasteiger partial charge in [0.25, 0.3) is 0 Å².